The van der Waals surface area contributed by atoms with Gasteiger partial charge in [0.05, 0.1) is 11.1 Å². The Morgan fingerprint density at radius 3 is 2.44 bits per heavy atom. The number of aryl methyl sites for hydroxylation is 1. The fourth-order valence-electron chi connectivity index (χ4n) is 1.45. The lowest BCUT2D eigenvalue weighted by Crippen LogP contribution is -1.97. The van der Waals surface area contributed by atoms with E-state index in [1.165, 1.54) is 18.4 Å². The molecule has 1 nitrogen and oxygen atoms in total. The molecule has 1 aromatic rings. The molecule has 0 aliphatic rings. The van der Waals surface area contributed by atoms with Crippen LogP contribution in [0.15, 0.2) is 21.1 Å². The van der Waals surface area contributed by atoms with Gasteiger partial charge < -0.3 is 4.74 Å². The van der Waals surface area contributed by atoms with Crippen LogP contribution in [0.1, 0.15) is 38.7 Å². The summed E-state index contributed by atoms with van der Waals surface area (Å²) in [7, 11) is 0. The molecule has 0 aromatic heterocycles. The Morgan fingerprint density at radius 2 is 1.81 bits per heavy atom. The minimum absolute atomic E-state index is 0.763. The molecule has 3 heteroatoms. The van der Waals surface area contributed by atoms with Crippen molar-refractivity contribution in [1.82, 2.24) is 0 Å². The van der Waals surface area contributed by atoms with Crippen LogP contribution in [-0.2, 0) is 6.42 Å². The zero-order chi connectivity index (χ0) is 12.0. The molecule has 0 aliphatic carbocycles. The van der Waals surface area contributed by atoms with Gasteiger partial charge in [-0.15, -0.1) is 0 Å². The van der Waals surface area contributed by atoms with Crippen molar-refractivity contribution in [3.8, 4) is 5.75 Å². The van der Waals surface area contributed by atoms with E-state index in [9.17, 15) is 0 Å². The van der Waals surface area contributed by atoms with Gasteiger partial charge in [-0.1, -0.05) is 36.2 Å². The van der Waals surface area contributed by atoms with Crippen LogP contribution in [0.3, 0.4) is 0 Å². The van der Waals surface area contributed by atoms with Gasteiger partial charge in [0, 0.05) is 4.47 Å². The van der Waals surface area contributed by atoms with E-state index in [4.69, 9.17) is 4.74 Å². The third-order valence-corrected chi connectivity index (χ3v) is 3.72. The van der Waals surface area contributed by atoms with E-state index >= 15 is 0 Å². The molecule has 0 N–H and O–H groups in total. The predicted octanol–water partition coefficient (Wildman–Crippen LogP) is 5.34. The molecule has 0 amide bonds. The van der Waals surface area contributed by atoms with Gasteiger partial charge >= 0.3 is 0 Å². The first-order valence-corrected chi connectivity index (χ1v) is 7.38. The van der Waals surface area contributed by atoms with E-state index in [1.807, 2.05) is 0 Å². The summed E-state index contributed by atoms with van der Waals surface area (Å²) in [6.45, 7) is 5.08. The quantitative estimate of drug-likeness (QED) is 0.673. The second kappa shape index (κ2) is 7.33. The molecule has 1 aromatic carbocycles. The lowest BCUT2D eigenvalue weighted by Gasteiger charge is -2.11. The summed E-state index contributed by atoms with van der Waals surface area (Å²) in [5.41, 5.74) is 1.34. The molecular formula is C13H18Br2O. The maximum atomic E-state index is 5.65. The standard InChI is InChI=1S/C13H18Br2O/c1-3-5-6-10-8-12(15)13(9-11(10)14)16-7-4-2/h8-9H,3-7H2,1-2H3. The monoisotopic (exact) mass is 348 g/mol. The first-order chi connectivity index (χ1) is 7.69. The van der Waals surface area contributed by atoms with E-state index in [1.54, 1.807) is 0 Å². The van der Waals surface area contributed by atoms with E-state index in [2.05, 4.69) is 57.8 Å². The summed E-state index contributed by atoms with van der Waals surface area (Å²) < 4.78 is 7.85. The van der Waals surface area contributed by atoms with Crippen molar-refractivity contribution in [3.05, 3.63) is 26.6 Å². The molecule has 1 rings (SSSR count). The Bertz CT molecular complexity index is 303. The van der Waals surface area contributed by atoms with Gasteiger partial charge in [0.1, 0.15) is 5.75 Å². The molecular weight excluding hydrogens is 332 g/mol. The Balaban J connectivity index is 2.79. The van der Waals surface area contributed by atoms with Crippen LogP contribution in [0, 0.1) is 0 Å². The van der Waals surface area contributed by atoms with Gasteiger partial charge in [0.2, 0.25) is 0 Å². The fourth-order valence-corrected chi connectivity index (χ4v) is 2.48. The van der Waals surface area contributed by atoms with Crippen molar-refractivity contribution in [2.24, 2.45) is 0 Å². The molecule has 0 unspecified atom stereocenters. The van der Waals surface area contributed by atoms with Crippen molar-refractivity contribution in [2.45, 2.75) is 39.5 Å². The van der Waals surface area contributed by atoms with Crippen LogP contribution in [0.5, 0.6) is 5.75 Å². The van der Waals surface area contributed by atoms with Gasteiger partial charge in [0.15, 0.2) is 0 Å². The summed E-state index contributed by atoms with van der Waals surface area (Å²) in [5, 5.41) is 0. The summed E-state index contributed by atoms with van der Waals surface area (Å²) in [6, 6.07) is 4.22. The Hall–Kier alpha value is -0.0200. The Morgan fingerprint density at radius 1 is 1.06 bits per heavy atom. The van der Waals surface area contributed by atoms with E-state index in [0.29, 0.717) is 0 Å². The lowest BCUT2D eigenvalue weighted by atomic mass is 10.1. The number of rotatable bonds is 6. The predicted molar refractivity (Wildman–Crippen MR) is 76.2 cm³/mol. The topological polar surface area (TPSA) is 9.23 Å². The Labute approximate surface area is 115 Å². The summed E-state index contributed by atoms with van der Waals surface area (Å²) in [4.78, 5) is 0. The van der Waals surface area contributed by atoms with Crippen molar-refractivity contribution >= 4 is 31.9 Å². The van der Waals surface area contributed by atoms with E-state index in [0.717, 1.165) is 34.1 Å². The Kier molecular flexibility index (Phi) is 6.44. The number of hydrogen-bond acceptors (Lipinski definition) is 1. The zero-order valence-corrected chi connectivity index (χ0v) is 13.0. The highest BCUT2D eigenvalue weighted by atomic mass is 79.9. The van der Waals surface area contributed by atoms with Crippen LogP contribution in [0.2, 0.25) is 0 Å². The highest BCUT2D eigenvalue weighted by Gasteiger charge is 2.07. The first kappa shape index (κ1) is 14.0. The molecule has 0 heterocycles. The second-order valence-corrected chi connectivity index (χ2v) is 5.53. The van der Waals surface area contributed by atoms with Gasteiger partial charge in [-0.2, -0.15) is 0 Å². The fraction of sp³-hybridized carbons (Fsp3) is 0.538. The van der Waals surface area contributed by atoms with Crippen molar-refractivity contribution in [1.29, 1.82) is 0 Å². The first-order valence-electron chi connectivity index (χ1n) is 5.79. The molecule has 0 saturated heterocycles. The summed E-state index contributed by atoms with van der Waals surface area (Å²) >= 11 is 7.16. The molecule has 0 saturated carbocycles. The highest BCUT2D eigenvalue weighted by Crippen LogP contribution is 2.32. The van der Waals surface area contributed by atoms with Crippen LogP contribution in [-0.4, -0.2) is 6.61 Å². The third-order valence-electron chi connectivity index (χ3n) is 2.36. The molecule has 0 spiro atoms. The van der Waals surface area contributed by atoms with Gasteiger partial charge in [-0.3, -0.25) is 0 Å². The van der Waals surface area contributed by atoms with Crippen molar-refractivity contribution < 1.29 is 4.74 Å². The third kappa shape index (κ3) is 4.10. The van der Waals surface area contributed by atoms with Gasteiger partial charge in [-0.05, 0) is 52.9 Å². The maximum Gasteiger partial charge on any atom is 0.134 e. The maximum absolute atomic E-state index is 5.65. The number of halogens is 2. The summed E-state index contributed by atoms with van der Waals surface area (Å²) in [6.07, 6.45) is 4.59. The van der Waals surface area contributed by atoms with Crippen molar-refractivity contribution in [2.75, 3.05) is 6.61 Å². The van der Waals surface area contributed by atoms with Gasteiger partial charge in [-0.25, -0.2) is 0 Å². The van der Waals surface area contributed by atoms with Crippen molar-refractivity contribution in [3.63, 3.8) is 0 Å². The summed E-state index contributed by atoms with van der Waals surface area (Å²) in [5.74, 6) is 0.925. The second-order valence-electron chi connectivity index (χ2n) is 3.83. The number of unbranched alkanes of at least 4 members (excludes halogenated alkanes) is 1. The number of benzene rings is 1. The smallest absolute Gasteiger partial charge is 0.134 e. The average molecular weight is 350 g/mol. The van der Waals surface area contributed by atoms with E-state index < -0.39 is 0 Å². The minimum Gasteiger partial charge on any atom is -0.492 e. The molecule has 90 valence electrons. The zero-order valence-electron chi connectivity index (χ0n) is 9.85. The average Bonchev–Trinajstić information content (AvgIpc) is 2.28. The number of ether oxygens (including phenoxy) is 1. The molecule has 0 aliphatic heterocycles. The molecule has 0 atom stereocenters. The number of hydrogen-bond donors (Lipinski definition) is 0. The van der Waals surface area contributed by atoms with Crippen LogP contribution in [0.25, 0.3) is 0 Å². The molecule has 0 bridgehead atoms. The molecule has 0 radical (unpaired) electrons. The SMILES string of the molecule is CCCCc1cc(Br)c(OCCC)cc1Br. The van der Waals surface area contributed by atoms with Crippen LogP contribution >= 0.6 is 31.9 Å². The van der Waals surface area contributed by atoms with E-state index in [-0.39, 0.29) is 0 Å². The molecule has 16 heavy (non-hydrogen) atoms. The lowest BCUT2D eigenvalue weighted by molar-refractivity contribution is 0.315. The normalized spacial score (nSPS) is 10.5. The van der Waals surface area contributed by atoms with Crippen LogP contribution < -0.4 is 4.74 Å². The van der Waals surface area contributed by atoms with Gasteiger partial charge in [0.25, 0.3) is 0 Å². The molecule has 0 fully saturated rings. The minimum atomic E-state index is 0.763. The highest BCUT2D eigenvalue weighted by molar-refractivity contribution is 9.11. The van der Waals surface area contributed by atoms with Crippen LogP contribution in [0.4, 0.5) is 0 Å². The largest absolute Gasteiger partial charge is 0.492 e.